The Morgan fingerprint density at radius 1 is 1.08 bits per heavy atom. The molecular weight excluding hydrogens is 648 g/mol. The molecule has 3 aliphatic rings. The minimum Gasteiger partial charge on any atom is -0.479 e. The van der Waals surface area contributed by atoms with Crippen LogP contribution in [-0.2, 0) is 19.1 Å². The van der Waals surface area contributed by atoms with Crippen molar-refractivity contribution in [1.82, 2.24) is 25.5 Å². The molecule has 1 saturated carbocycles. The van der Waals surface area contributed by atoms with Crippen LogP contribution in [0.5, 0.6) is 5.88 Å². The highest BCUT2D eigenvalue weighted by atomic mass is 32.1. The van der Waals surface area contributed by atoms with Gasteiger partial charge in [0.25, 0.3) is 0 Å². The zero-order valence-electron chi connectivity index (χ0n) is 28.1. The first kappa shape index (κ1) is 34.4. The molecule has 0 spiro atoms. The Morgan fingerprint density at radius 3 is 2.55 bits per heavy atom. The van der Waals surface area contributed by atoms with Gasteiger partial charge < -0.3 is 35.8 Å². The van der Waals surface area contributed by atoms with Gasteiger partial charge in [-0.15, -0.1) is 11.3 Å². The van der Waals surface area contributed by atoms with E-state index in [1.807, 2.05) is 17.5 Å². The third-order valence-corrected chi connectivity index (χ3v) is 10.3. The summed E-state index contributed by atoms with van der Waals surface area (Å²) in [4.78, 5) is 65.6. The number of hydrogen-bond donors (Lipinski definition) is 4. The topological polar surface area (TPSA) is 186 Å². The summed E-state index contributed by atoms with van der Waals surface area (Å²) in [5.74, 6) is -2.02. The first-order valence-electron chi connectivity index (χ1n) is 17.0. The van der Waals surface area contributed by atoms with Gasteiger partial charge >= 0.3 is 12.1 Å². The van der Waals surface area contributed by atoms with E-state index in [2.05, 4.69) is 10.6 Å². The lowest BCUT2D eigenvalue weighted by Crippen LogP contribution is -2.56. The summed E-state index contributed by atoms with van der Waals surface area (Å²) in [6.07, 6.45) is 4.30. The highest BCUT2D eigenvalue weighted by Gasteiger charge is 2.62. The quantitative estimate of drug-likeness (QED) is 0.269. The number of benzene rings is 1. The highest BCUT2D eigenvalue weighted by Crippen LogP contribution is 2.47. The van der Waals surface area contributed by atoms with Gasteiger partial charge in [0.1, 0.15) is 35.0 Å². The lowest BCUT2D eigenvalue weighted by molar-refractivity contribution is -0.146. The van der Waals surface area contributed by atoms with Gasteiger partial charge in [0, 0.05) is 12.1 Å². The summed E-state index contributed by atoms with van der Waals surface area (Å²) in [6.45, 7) is 5.24. The molecule has 3 fully saturated rings. The van der Waals surface area contributed by atoms with Crippen LogP contribution in [0.3, 0.4) is 0 Å². The van der Waals surface area contributed by atoms with E-state index < -0.39 is 53.2 Å². The molecule has 5 N–H and O–H groups in total. The van der Waals surface area contributed by atoms with Crippen LogP contribution >= 0.6 is 11.3 Å². The SMILES string of the molecule is CC(C)(C)OC(=O)N[C@H]1CCCCCCCC2CC2(C(=O)O)NC(=O)[C@@H]2C[C@@H](Oc3nc4ccc(N)cc4nc3-c3cccs3)CN2C1=O. The minimum atomic E-state index is -1.36. The van der Waals surface area contributed by atoms with Crippen LogP contribution in [-0.4, -0.2) is 79.7 Å². The highest BCUT2D eigenvalue weighted by molar-refractivity contribution is 7.13. The first-order valence-corrected chi connectivity index (χ1v) is 17.8. The molecule has 5 atom stereocenters. The monoisotopic (exact) mass is 692 g/mol. The number of aliphatic carboxylic acids is 1. The molecule has 6 rings (SSSR count). The molecule has 2 aromatic heterocycles. The molecule has 49 heavy (non-hydrogen) atoms. The second-order valence-electron chi connectivity index (χ2n) is 14.3. The number of carboxylic acid groups (broad SMARTS) is 1. The first-order chi connectivity index (χ1) is 23.3. The third kappa shape index (κ3) is 7.74. The van der Waals surface area contributed by atoms with Gasteiger partial charge in [0.2, 0.25) is 17.7 Å². The smallest absolute Gasteiger partial charge is 0.408 e. The number of alkyl carbamates (subject to hydrolysis) is 1. The van der Waals surface area contributed by atoms with Gasteiger partial charge in [0.05, 0.1) is 22.5 Å². The van der Waals surface area contributed by atoms with Gasteiger partial charge in [-0.2, -0.15) is 0 Å². The zero-order chi connectivity index (χ0) is 34.9. The third-order valence-electron chi connectivity index (χ3n) is 9.41. The number of nitrogens with two attached hydrogens (primary N) is 1. The normalized spacial score (nSPS) is 26.5. The number of nitrogens with one attached hydrogen (secondary N) is 2. The minimum absolute atomic E-state index is 0.0122. The van der Waals surface area contributed by atoms with E-state index in [-0.39, 0.29) is 24.8 Å². The van der Waals surface area contributed by atoms with E-state index in [0.29, 0.717) is 48.1 Å². The molecule has 4 heterocycles. The van der Waals surface area contributed by atoms with Crippen molar-refractivity contribution in [2.45, 2.75) is 108 Å². The number of carbonyl (C=O) groups excluding carboxylic acids is 3. The van der Waals surface area contributed by atoms with E-state index in [9.17, 15) is 24.3 Å². The number of aromatic nitrogens is 2. The number of anilines is 1. The second kappa shape index (κ2) is 13.8. The van der Waals surface area contributed by atoms with Gasteiger partial charge in [-0.25, -0.2) is 19.6 Å². The lowest BCUT2D eigenvalue weighted by Gasteiger charge is -2.30. The van der Waals surface area contributed by atoms with Crippen LogP contribution in [0.4, 0.5) is 10.5 Å². The predicted molar refractivity (Wildman–Crippen MR) is 184 cm³/mol. The van der Waals surface area contributed by atoms with E-state index in [1.165, 1.54) is 16.2 Å². The average Bonchev–Trinajstić information content (AvgIpc) is 3.33. The lowest BCUT2D eigenvalue weighted by atomic mass is 10.0. The van der Waals surface area contributed by atoms with Gasteiger partial charge in [-0.05, 0) is 75.6 Å². The summed E-state index contributed by atoms with van der Waals surface area (Å²) in [7, 11) is 0. The van der Waals surface area contributed by atoms with Crippen molar-refractivity contribution in [1.29, 1.82) is 0 Å². The molecule has 0 bridgehead atoms. The van der Waals surface area contributed by atoms with Crippen LogP contribution < -0.4 is 21.1 Å². The van der Waals surface area contributed by atoms with Gasteiger partial charge in [0.15, 0.2) is 0 Å². The summed E-state index contributed by atoms with van der Waals surface area (Å²) in [5.41, 5.74) is 6.09. The van der Waals surface area contributed by atoms with Crippen molar-refractivity contribution in [3.05, 3.63) is 35.7 Å². The molecule has 0 radical (unpaired) electrons. The summed E-state index contributed by atoms with van der Waals surface area (Å²) in [6, 6.07) is 7.01. The molecule has 2 saturated heterocycles. The standard InChI is InChI=1S/C35H44N6O7S/c1-34(2,3)48-33(46)39-24-11-8-6-4-5-7-10-20-18-35(20,32(44)45)40-29(42)26-17-22(19-41(26)31(24)43)47-30-28(27-12-9-15-49-27)37-25-16-21(36)13-14-23(25)38-30/h9,12-16,20,22,24,26H,4-8,10-11,17-19,36H2,1-3H3,(H,39,46)(H,40,42)(H,44,45)/t20?,22-,24+,26+,35?/m1/s1. The number of amides is 3. The van der Waals surface area contributed by atoms with E-state index >= 15 is 0 Å². The van der Waals surface area contributed by atoms with Gasteiger partial charge in [-0.3, -0.25) is 9.59 Å². The summed E-state index contributed by atoms with van der Waals surface area (Å²) in [5, 5.41) is 17.7. The Labute approximate surface area is 288 Å². The molecule has 2 unspecified atom stereocenters. The van der Waals surface area contributed by atoms with Crippen LogP contribution in [0.1, 0.15) is 78.6 Å². The predicted octanol–water partition coefficient (Wildman–Crippen LogP) is 4.89. The summed E-state index contributed by atoms with van der Waals surface area (Å²) < 4.78 is 12.0. The average molecular weight is 693 g/mol. The van der Waals surface area contributed by atoms with Crippen molar-refractivity contribution in [3.8, 4) is 16.5 Å². The number of ether oxygens (including phenoxy) is 2. The van der Waals surface area contributed by atoms with Crippen LogP contribution in [0, 0.1) is 5.92 Å². The molecule has 2 aliphatic heterocycles. The van der Waals surface area contributed by atoms with Crippen LogP contribution in [0.25, 0.3) is 21.6 Å². The number of hydrogen-bond acceptors (Lipinski definition) is 10. The Hall–Kier alpha value is -4.46. The van der Waals surface area contributed by atoms with Crippen molar-refractivity contribution in [3.63, 3.8) is 0 Å². The number of fused-ring (bicyclic) bond motifs is 3. The molecule has 3 amide bonds. The maximum Gasteiger partial charge on any atom is 0.408 e. The fourth-order valence-electron chi connectivity index (χ4n) is 6.87. The number of carbonyl (C=O) groups is 4. The number of carboxylic acids is 1. The van der Waals surface area contributed by atoms with E-state index in [1.54, 1.807) is 39.0 Å². The molecule has 3 aromatic rings. The fourth-order valence-corrected chi connectivity index (χ4v) is 7.58. The maximum atomic E-state index is 14.3. The van der Waals surface area contributed by atoms with E-state index in [4.69, 9.17) is 25.2 Å². The molecular formula is C35H44N6O7S. The maximum absolute atomic E-state index is 14.3. The fraction of sp³-hybridized carbons (Fsp3) is 0.543. The molecule has 262 valence electrons. The molecule has 1 aliphatic carbocycles. The number of rotatable bonds is 5. The largest absolute Gasteiger partial charge is 0.479 e. The second-order valence-corrected chi connectivity index (χ2v) is 15.2. The zero-order valence-corrected chi connectivity index (χ0v) is 28.9. The molecule has 1 aromatic carbocycles. The molecule has 14 heteroatoms. The van der Waals surface area contributed by atoms with E-state index in [0.717, 1.165) is 30.6 Å². The van der Waals surface area contributed by atoms with Crippen molar-refractivity contribution in [2.75, 3.05) is 12.3 Å². The Morgan fingerprint density at radius 2 is 1.84 bits per heavy atom. The van der Waals surface area contributed by atoms with Gasteiger partial charge in [-0.1, -0.05) is 38.2 Å². The van der Waals surface area contributed by atoms with Crippen molar-refractivity contribution < 1.29 is 33.8 Å². The number of thiophene rings is 1. The number of nitrogen functional groups attached to an aromatic ring is 1. The number of nitrogens with zero attached hydrogens (tertiary/aromatic N) is 3. The van der Waals surface area contributed by atoms with Crippen LogP contribution in [0.2, 0.25) is 0 Å². The summed E-state index contributed by atoms with van der Waals surface area (Å²) >= 11 is 1.47. The molecule has 13 nitrogen and oxygen atoms in total. The van der Waals surface area contributed by atoms with Crippen molar-refractivity contribution in [2.24, 2.45) is 5.92 Å². The van der Waals surface area contributed by atoms with Crippen LogP contribution in [0.15, 0.2) is 35.7 Å². The Bertz CT molecular complexity index is 1730. The van der Waals surface area contributed by atoms with Crippen molar-refractivity contribution >= 4 is 51.9 Å². The Kier molecular flexibility index (Phi) is 9.70. The Balaban J connectivity index is 1.32.